The quantitative estimate of drug-likeness (QED) is 0.807. The van der Waals surface area contributed by atoms with E-state index in [1.54, 1.807) is 7.11 Å². The van der Waals surface area contributed by atoms with Crippen LogP contribution in [0.2, 0.25) is 0 Å². The van der Waals surface area contributed by atoms with Gasteiger partial charge in [0.05, 0.1) is 7.11 Å². The van der Waals surface area contributed by atoms with E-state index in [0.717, 1.165) is 16.9 Å². The summed E-state index contributed by atoms with van der Waals surface area (Å²) in [7, 11) is 1.64. The summed E-state index contributed by atoms with van der Waals surface area (Å²) in [5, 5.41) is 5.56. The Kier molecular flexibility index (Phi) is 6.89. The predicted molar refractivity (Wildman–Crippen MR) is 86.9 cm³/mol. The summed E-state index contributed by atoms with van der Waals surface area (Å²) >= 11 is 0. The van der Waals surface area contributed by atoms with Gasteiger partial charge in [-0.25, -0.2) is 0 Å². The minimum atomic E-state index is -0.503. The molecule has 0 bridgehead atoms. The van der Waals surface area contributed by atoms with Crippen LogP contribution in [0.3, 0.4) is 0 Å². The Morgan fingerprint density at radius 3 is 2.50 bits per heavy atom. The third-order valence-electron chi connectivity index (χ3n) is 3.44. The van der Waals surface area contributed by atoms with E-state index >= 15 is 0 Å². The van der Waals surface area contributed by atoms with Gasteiger partial charge in [0.25, 0.3) is 0 Å². The minimum Gasteiger partial charge on any atom is -0.496 e. The number of aryl methyl sites for hydroxylation is 1. The van der Waals surface area contributed by atoms with E-state index in [4.69, 9.17) is 4.74 Å². The largest absolute Gasteiger partial charge is 0.496 e. The molecule has 22 heavy (non-hydrogen) atoms. The topological polar surface area (TPSA) is 67.4 Å². The van der Waals surface area contributed by atoms with Crippen molar-refractivity contribution in [2.45, 2.75) is 40.2 Å². The van der Waals surface area contributed by atoms with Crippen LogP contribution in [0.5, 0.6) is 5.75 Å². The maximum atomic E-state index is 12.2. The summed E-state index contributed by atoms with van der Waals surface area (Å²) in [6.07, 6.45) is 0.682. The number of hydrogen-bond donors (Lipinski definition) is 2. The molecule has 0 unspecified atom stereocenters. The lowest BCUT2D eigenvalue weighted by molar-refractivity contribution is -0.129. The van der Waals surface area contributed by atoms with E-state index in [9.17, 15) is 9.59 Å². The Hall–Kier alpha value is -2.04. The molecule has 0 spiro atoms. The average Bonchev–Trinajstić information content (AvgIpc) is 2.44. The van der Waals surface area contributed by atoms with Crippen LogP contribution in [-0.4, -0.2) is 31.5 Å². The van der Waals surface area contributed by atoms with E-state index < -0.39 is 6.04 Å². The summed E-state index contributed by atoms with van der Waals surface area (Å²) in [6, 6.07) is 5.48. The van der Waals surface area contributed by atoms with Crippen molar-refractivity contribution in [2.75, 3.05) is 13.7 Å². The first-order valence-corrected chi connectivity index (χ1v) is 7.53. The van der Waals surface area contributed by atoms with Crippen molar-refractivity contribution < 1.29 is 14.3 Å². The summed E-state index contributed by atoms with van der Waals surface area (Å²) in [5.74, 6) is 0.505. The third-order valence-corrected chi connectivity index (χ3v) is 3.44. The van der Waals surface area contributed by atoms with E-state index in [2.05, 4.69) is 16.7 Å². The van der Waals surface area contributed by atoms with E-state index in [1.165, 1.54) is 6.92 Å². The molecule has 5 nitrogen and oxygen atoms in total. The van der Waals surface area contributed by atoms with E-state index in [0.29, 0.717) is 13.0 Å². The van der Waals surface area contributed by atoms with Crippen LogP contribution in [0, 0.1) is 12.8 Å². The van der Waals surface area contributed by atoms with Gasteiger partial charge in [0.1, 0.15) is 11.8 Å². The fourth-order valence-corrected chi connectivity index (χ4v) is 2.29. The molecule has 0 radical (unpaired) electrons. The lowest BCUT2D eigenvalue weighted by Crippen LogP contribution is -2.49. The van der Waals surface area contributed by atoms with Crippen LogP contribution in [0.1, 0.15) is 31.9 Å². The maximum absolute atomic E-state index is 12.2. The van der Waals surface area contributed by atoms with Crippen molar-refractivity contribution in [2.24, 2.45) is 5.92 Å². The first kappa shape index (κ1) is 18.0. The van der Waals surface area contributed by atoms with Crippen molar-refractivity contribution in [3.63, 3.8) is 0 Å². The van der Waals surface area contributed by atoms with Crippen LogP contribution in [0.4, 0.5) is 0 Å². The molecule has 2 amide bonds. The van der Waals surface area contributed by atoms with E-state index in [-0.39, 0.29) is 17.7 Å². The monoisotopic (exact) mass is 306 g/mol. The fraction of sp³-hybridized carbons (Fsp3) is 0.529. The normalized spacial score (nSPS) is 11.9. The SMILES string of the molecule is COc1ccc(C)cc1CCNC(=O)[C@H](NC(C)=O)C(C)C. The second-order valence-corrected chi connectivity index (χ2v) is 5.78. The van der Waals surface area contributed by atoms with E-state index in [1.807, 2.05) is 32.9 Å². The number of nitrogens with one attached hydrogen (secondary N) is 2. The Morgan fingerprint density at radius 1 is 1.27 bits per heavy atom. The van der Waals surface area contributed by atoms with Crippen LogP contribution < -0.4 is 15.4 Å². The highest BCUT2D eigenvalue weighted by Crippen LogP contribution is 2.19. The number of carbonyl (C=O) groups is 2. The van der Waals surface area contributed by atoms with Gasteiger partial charge in [0.15, 0.2) is 0 Å². The number of hydrogen-bond acceptors (Lipinski definition) is 3. The van der Waals surface area contributed by atoms with Gasteiger partial charge in [0, 0.05) is 13.5 Å². The first-order valence-electron chi connectivity index (χ1n) is 7.53. The molecule has 0 aromatic heterocycles. The number of methoxy groups -OCH3 is 1. The highest BCUT2D eigenvalue weighted by atomic mass is 16.5. The van der Waals surface area contributed by atoms with Crippen molar-refractivity contribution in [1.29, 1.82) is 0 Å². The van der Waals surface area contributed by atoms with Crippen LogP contribution in [-0.2, 0) is 16.0 Å². The van der Waals surface area contributed by atoms with Gasteiger partial charge in [-0.2, -0.15) is 0 Å². The van der Waals surface area contributed by atoms with Gasteiger partial charge in [-0.05, 0) is 30.9 Å². The lowest BCUT2D eigenvalue weighted by Gasteiger charge is -2.21. The molecule has 0 heterocycles. The van der Waals surface area contributed by atoms with Crippen LogP contribution >= 0.6 is 0 Å². The molecule has 0 fully saturated rings. The highest BCUT2D eigenvalue weighted by Gasteiger charge is 2.22. The number of amides is 2. The lowest BCUT2D eigenvalue weighted by atomic mass is 10.0. The van der Waals surface area contributed by atoms with Crippen LogP contribution in [0.15, 0.2) is 18.2 Å². The molecule has 1 aromatic carbocycles. The van der Waals surface area contributed by atoms with Gasteiger partial charge in [-0.15, -0.1) is 0 Å². The van der Waals surface area contributed by atoms with Crippen molar-refractivity contribution in [3.05, 3.63) is 29.3 Å². The Morgan fingerprint density at radius 2 is 1.95 bits per heavy atom. The Labute approximate surface area is 132 Å². The molecule has 0 aliphatic carbocycles. The second-order valence-electron chi connectivity index (χ2n) is 5.78. The zero-order valence-electron chi connectivity index (χ0n) is 14.0. The Bertz CT molecular complexity index is 527. The molecule has 5 heteroatoms. The standard InChI is InChI=1S/C17H26N2O3/c1-11(2)16(19-13(4)20)17(21)18-9-8-14-10-12(3)6-7-15(14)22-5/h6-7,10-11,16H,8-9H2,1-5H3,(H,18,21)(H,19,20)/t16-/m1/s1. The first-order chi connectivity index (χ1) is 10.3. The van der Waals surface area contributed by atoms with Gasteiger partial charge in [0.2, 0.25) is 11.8 Å². The number of benzene rings is 1. The zero-order chi connectivity index (χ0) is 16.7. The second kappa shape index (κ2) is 8.41. The Balaban J connectivity index is 2.60. The number of ether oxygens (including phenoxy) is 1. The molecule has 0 saturated heterocycles. The third kappa shape index (κ3) is 5.39. The molecule has 0 aliphatic rings. The maximum Gasteiger partial charge on any atom is 0.242 e. The molecule has 0 aliphatic heterocycles. The smallest absolute Gasteiger partial charge is 0.242 e. The van der Waals surface area contributed by atoms with Crippen molar-refractivity contribution in [3.8, 4) is 5.75 Å². The van der Waals surface area contributed by atoms with Crippen molar-refractivity contribution in [1.82, 2.24) is 10.6 Å². The minimum absolute atomic E-state index is 0.0393. The predicted octanol–water partition coefficient (Wildman–Crippen LogP) is 1.82. The molecule has 1 atom stereocenters. The van der Waals surface area contributed by atoms with Gasteiger partial charge >= 0.3 is 0 Å². The zero-order valence-corrected chi connectivity index (χ0v) is 14.0. The fourth-order valence-electron chi connectivity index (χ4n) is 2.29. The molecular formula is C17H26N2O3. The summed E-state index contributed by atoms with van der Waals surface area (Å²) < 4.78 is 5.33. The molecule has 0 saturated carbocycles. The summed E-state index contributed by atoms with van der Waals surface area (Å²) in [6.45, 7) is 7.75. The average molecular weight is 306 g/mol. The highest BCUT2D eigenvalue weighted by molar-refractivity contribution is 5.87. The van der Waals surface area contributed by atoms with Gasteiger partial charge in [-0.3, -0.25) is 9.59 Å². The van der Waals surface area contributed by atoms with Crippen LogP contribution in [0.25, 0.3) is 0 Å². The molecule has 1 aromatic rings. The van der Waals surface area contributed by atoms with Gasteiger partial charge in [-0.1, -0.05) is 31.5 Å². The molecule has 1 rings (SSSR count). The summed E-state index contributed by atoms with van der Waals surface area (Å²) in [4.78, 5) is 23.3. The van der Waals surface area contributed by atoms with Gasteiger partial charge < -0.3 is 15.4 Å². The number of carbonyl (C=O) groups excluding carboxylic acids is 2. The molecule has 2 N–H and O–H groups in total. The molecular weight excluding hydrogens is 280 g/mol. The molecule has 122 valence electrons. The van der Waals surface area contributed by atoms with Crippen molar-refractivity contribution >= 4 is 11.8 Å². The summed E-state index contributed by atoms with van der Waals surface area (Å²) in [5.41, 5.74) is 2.21. The number of rotatable bonds is 7.